The highest BCUT2D eigenvalue weighted by molar-refractivity contribution is 5.79. The van der Waals surface area contributed by atoms with Crippen LogP contribution in [0.25, 0.3) is 0 Å². The Morgan fingerprint density at radius 2 is 2.05 bits per heavy atom. The zero-order valence-corrected chi connectivity index (χ0v) is 11.7. The van der Waals surface area contributed by atoms with Gasteiger partial charge in [0.25, 0.3) is 0 Å². The van der Waals surface area contributed by atoms with E-state index in [0.717, 1.165) is 0 Å². The Kier molecular flexibility index (Phi) is 5.06. The van der Waals surface area contributed by atoms with Gasteiger partial charge in [-0.2, -0.15) is 15.0 Å². The van der Waals surface area contributed by atoms with Gasteiger partial charge in [0.15, 0.2) is 0 Å². The predicted octanol–water partition coefficient (Wildman–Crippen LogP) is -1.99. The summed E-state index contributed by atoms with van der Waals surface area (Å²) < 4.78 is 5.28. The highest BCUT2D eigenvalue weighted by atomic mass is 16.5. The number of hydrogen-bond acceptors (Lipinski definition) is 9. The third kappa shape index (κ3) is 4.13. The van der Waals surface area contributed by atoms with Crippen LogP contribution in [0.2, 0.25) is 0 Å². The van der Waals surface area contributed by atoms with Crippen molar-refractivity contribution in [3.63, 3.8) is 0 Å². The molecule has 0 aromatic carbocycles. The first kappa shape index (κ1) is 15.2. The Morgan fingerprint density at radius 3 is 2.67 bits per heavy atom. The van der Waals surface area contributed by atoms with E-state index in [0.29, 0.717) is 38.2 Å². The molecule has 2 rings (SSSR count). The molecule has 2 heterocycles. The molecule has 1 atom stereocenters. The van der Waals surface area contributed by atoms with Crippen LogP contribution < -0.4 is 21.3 Å². The molecule has 1 saturated heterocycles. The number of carbonyl (C=O) groups is 1. The molecule has 10 nitrogen and oxygen atoms in total. The molecule has 0 bridgehead atoms. The summed E-state index contributed by atoms with van der Waals surface area (Å²) in [4.78, 5) is 25.4. The van der Waals surface area contributed by atoms with Gasteiger partial charge in [0.2, 0.25) is 23.8 Å². The van der Waals surface area contributed by atoms with E-state index in [1.807, 2.05) is 4.90 Å². The molecule has 1 unspecified atom stereocenters. The van der Waals surface area contributed by atoms with Crippen LogP contribution in [0, 0.1) is 0 Å². The third-order valence-corrected chi connectivity index (χ3v) is 2.92. The minimum absolute atomic E-state index is 0.0644. The lowest BCUT2D eigenvalue weighted by Crippen LogP contribution is -2.38. The summed E-state index contributed by atoms with van der Waals surface area (Å²) in [6.45, 7) is 2.55. The van der Waals surface area contributed by atoms with E-state index in [2.05, 4.69) is 25.6 Å². The van der Waals surface area contributed by atoms with Crippen molar-refractivity contribution in [3.8, 4) is 0 Å². The van der Waals surface area contributed by atoms with Gasteiger partial charge in [-0.25, -0.2) is 0 Å². The first-order valence-electron chi connectivity index (χ1n) is 6.58. The fourth-order valence-electron chi connectivity index (χ4n) is 1.75. The maximum absolute atomic E-state index is 10.8. The Labute approximate surface area is 121 Å². The SMILES string of the molecule is CNc1nc(NCC(O)C(N)=O)nc(N2CCOCC2)n1. The zero-order chi connectivity index (χ0) is 15.2. The molecule has 10 heteroatoms. The first-order valence-corrected chi connectivity index (χ1v) is 6.58. The predicted molar refractivity (Wildman–Crippen MR) is 76.1 cm³/mol. The number of nitrogens with zero attached hydrogens (tertiary/aromatic N) is 4. The van der Waals surface area contributed by atoms with Crippen LogP contribution in [0.1, 0.15) is 0 Å². The molecular formula is C11H19N7O3. The minimum atomic E-state index is -1.30. The van der Waals surface area contributed by atoms with Crippen molar-refractivity contribution in [1.82, 2.24) is 15.0 Å². The van der Waals surface area contributed by atoms with Crippen molar-refractivity contribution in [2.24, 2.45) is 5.73 Å². The van der Waals surface area contributed by atoms with E-state index >= 15 is 0 Å². The van der Waals surface area contributed by atoms with Crippen LogP contribution in [0.5, 0.6) is 0 Å². The lowest BCUT2D eigenvalue weighted by atomic mass is 10.3. The Bertz CT molecular complexity index is 493. The molecule has 1 amide bonds. The van der Waals surface area contributed by atoms with Gasteiger partial charge in [-0.1, -0.05) is 0 Å². The quantitative estimate of drug-likeness (QED) is 0.470. The number of nitrogens with two attached hydrogens (primary N) is 1. The van der Waals surface area contributed by atoms with Gasteiger partial charge in [-0.05, 0) is 0 Å². The summed E-state index contributed by atoms with van der Waals surface area (Å²) >= 11 is 0. The van der Waals surface area contributed by atoms with E-state index in [1.165, 1.54) is 0 Å². The summed E-state index contributed by atoms with van der Waals surface area (Å²) in [5.41, 5.74) is 4.99. The van der Waals surface area contributed by atoms with Gasteiger partial charge < -0.3 is 31.1 Å². The van der Waals surface area contributed by atoms with E-state index in [9.17, 15) is 9.90 Å². The molecule has 1 aliphatic heterocycles. The minimum Gasteiger partial charge on any atom is -0.381 e. The standard InChI is InChI=1S/C11H19N7O3/c1-13-9-15-10(14-6-7(19)8(12)20)17-11(16-9)18-2-4-21-5-3-18/h7,19H,2-6H2,1H3,(H2,12,20)(H2,13,14,15,16,17). The monoisotopic (exact) mass is 297 g/mol. The smallest absolute Gasteiger partial charge is 0.248 e. The van der Waals surface area contributed by atoms with Gasteiger partial charge in [0.1, 0.15) is 6.10 Å². The first-order chi connectivity index (χ1) is 10.1. The summed E-state index contributed by atoms with van der Waals surface area (Å²) in [7, 11) is 1.69. The van der Waals surface area contributed by atoms with Crippen molar-refractivity contribution >= 4 is 23.8 Å². The topological polar surface area (TPSA) is 139 Å². The number of nitrogens with one attached hydrogen (secondary N) is 2. The summed E-state index contributed by atoms with van der Waals surface area (Å²) in [5, 5.41) is 15.0. The van der Waals surface area contributed by atoms with Gasteiger partial charge in [-0.15, -0.1) is 0 Å². The van der Waals surface area contributed by atoms with E-state index in [-0.39, 0.29) is 12.5 Å². The van der Waals surface area contributed by atoms with Gasteiger partial charge >= 0.3 is 0 Å². The second-order valence-corrected chi connectivity index (χ2v) is 4.43. The Balaban J connectivity index is 2.11. The molecule has 116 valence electrons. The second kappa shape index (κ2) is 6.99. The maximum atomic E-state index is 10.8. The number of hydrogen-bond donors (Lipinski definition) is 4. The number of ether oxygens (including phenoxy) is 1. The Hall–Kier alpha value is -2.20. The number of carbonyl (C=O) groups excluding carboxylic acids is 1. The third-order valence-electron chi connectivity index (χ3n) is 2.92. The fourth-order valence-corrected chi connectivity index (χ4v) is 1.75. The number of aliphatic hydroxyl groups excluding tert-OH is 1. The lowest BCUT2D eigenvalue weighted by Gasteiger charge is -2.27. The van der Waals surface area contributed by atoms with Crippen LogP contribution in [-0.4, -0.2) is 72.0 Å². The van der Waals surface area contributed by atoms with Crippen LogP contribution in [0.3, 0.4) is 0 Å². The number of aliphatic hydroxyl groups is 1. The second-order valence-electron chi connectivity index (χ2n) is 4.43. The number of amides is 1. The highest BCUT2D eigenvalue weighted by Crippen LogP contribution is 2.14. The molecule has 1 aromatic heterocycles. The van der Waals surface area contributed by atoms with E-state index < -0.39 is 12.0 Å². The van der Waals surface area contributed by atoms with Gasteiger partial charge in [0, 0.05) is 20.1 Å². The van der Waals surface area contributed by atoms with Crippen molar-refractivity contribution in [2.75, 3.05) is 55.4 Å². The van der Waals surface area contributed by atoms with Crippen LogP contribution >= 0.6 is 0 Å². The molecule has 0 radical (unpaired) electrons. The number of rotatable bonds is 6. The highest BCUT2D eigenvalue weighted by Gasteiger charge is 2.17. The molecule has 5 N–H and O–H groups in total. The van der Waals surface area contributed by atoms with Crippen molar-refractivity contribution in [1.29, 1.82) is 0 Å². The number of anilines is 3. The van der Waals surface area contributed by atoms with Crippen LogP contribution in [0.15, 0.2) is 0 Å². The molecule has 0 aliphatic carbocycles. The van der Waals surface area contributed by atoms with Crippen molar-refractivity contribution < 1.29 is 14.6 Å². The molecule has 1 fully saturated rings. The average molecular weight is 297 g/mol. The van der Waals surface area contributed by atoms with Crippen molar-refractivity contribution in [2.45, 2.75) is 6.10 Å². The largest absolute Gasteiger partial charge is 0.381 e. The van der Waals surface area contributed by atoms with Gasteiger partial charge in [0.05, 0.1) is 19.8 Å². The summed E-state index contributed by atoms with van der Waals surface area (Å²) in [6.07, 6.45) is -1.30. The zero-order valence-electron chi connectivity index (χ0n) is 11.7. The number of aromatic nitrogens is 3. The Morgan fingerprint density at radius 1 is 1.38 bits per heavy atom. The van der Waals surface area contributed by atoms with Gasteiger partial charge in [-0.3, -0.25) is 4.79 Å². The van der Waals surface area contributed by atoms with Crippen molar-refractivity contribution in [3.05, 3.63) is 0 Å². The fraction of sp³-hybridized carbons (Fsp3) is 0.636. The molecule has 1 aliphatic rings. The summed E-state index contributed by atoms with van der Waals surface area (Å²) in [5.74, 6) is 0.353. The number of morpholine rings is 1. The molecule has 1 aromatic rings. The lowest BCUT2D eigenvalue weighted by molar-refractivity contribution is -0.125. The molecular weight excluding hydrogens is 278 g/mol. The average Bonchev–Trinajstić information content (AvgIpc) is 2.52. The normalized spacial score (nSPS) is 16.4. The van der Waals surface area contributed by atoms with E-state index in [4.69, 9.17) is 10.5 Å². The van der Waals surface area contributed by atoms with Crippen LogP contribution in [0.4, 0.5) is 17.8 Å². The maximum Gasteiger partial charge on any atom is 0.248 e. The summed E-state index contributed by atoms with van der Waals surface area (Å²) in [6, 6.07) is 0. The number of primary amides is 1. The van der Waals surface area contributed by atoms with Crippen LogP contribution in [-0.2, 0) is 9.53 Å². The molecule has 21 heavy (non-hydrogen) atoms. The van der Waals surface area contributed by atoms with E-state index in [1.54, 1.807) is 7.05 Å². The molecule has 0 spiro atoms. The molecule has 0 saturated carbocycles.